The molecule has 1 saturated carbocycles. The molecule has 1 aliphatic rings. The van der Waals surface area contributed by atoms with Crippen molar-refractivity contribution in [3.05, 3.63) is 76.9 Å². The Kier molecular flexibility index (Phi) is 6.15. The van der Waals surface area contributed by atoms with Gasteiger partial charge in [-0.1, -0.05) is 18.2 Å². The summed E-state index contributed by atoms with van der Waals surface area (Å²) >= 11 is 1.38. The number of hydrogen-bond acceptors (Lipinski definition) is 5. The number of nitrogens with one attached hydrogen (secondary N) is 1. The standard InChI is InChI=1S/C26H24FN3O3S/c1-16-29-23(24(34-16)18-4-2-5-19(27)14-18)26(32)30(15-17-8-9-17)12-11-28-25(31)21-6-3-7-22-20(21)10-13-33-22/h2-7,10,13-14,17H,8-9,11-12,15H2,1H3,(H,28,31). The quantitative estimate of drug-likeness (QED) is 0.374. The van der Waals surface area contributed by atoms with Crippen LogP contribution in [0.25, 0.3) is 21.4 Å². The van der Waals surface area contributed by atoms with Crippen molar-refractivity contribution in [2.75, 3.05) is 19.6 Å². The van der Waals surface area contributed by atoms with Crippen LogP contribution in [0.4, 0.5) is 4.39 Å². The second-order valence-electron chi connectivity index (χ2n) is 8.51. The molecule has 8 heteroatoms. The molecule has 0 saturated heterocycles. The van der Waals surface area contributed by atoms with Crippen LogP contribution in [-0.4, -0.2) is 41.3 Å². The first-order valence-corrected chi connectivity index (χ1v) is 12.1. The van der Waals surface area contributed by atoms with E-state index in [0.717, 1.165) is 23.2 Å². The number of carbonyl (C=O) groups excluding carboxylic acids is 2. The van der Waals surface area contributed by atoms with Crippen LogP contribution in [-0.2, 0) is 0 Å². The van der Waals surface area contributed by atoms with Crippen molar-refractivity contribution in [1.29, 1.82) is 0 Å². The summed E-state index contributed by atoms with van der Waals surface area (Å²) in [4.78, 5) is 33.2. The fraction of sp³-hybridized carbons (Fsp3) is 0.269. The number of nitrogens with zero attached hydrogens (tertiary/aromatic N) is 2. The van der Waals surface area contributed by atoms with Crippen LogP contribution in [0.5, 0.6) is 0 Å². The Morgan fingerprint density at radius 3 is 2.82 bits per heavy atom. The number of amides is 2. The summed E-state index contributed by atoms with van der Waals surface area (Å²) in [6.45, 7) is 3.13. The molecule has 6 nitrogen and oxygen atoms in total. The van der Waals surface area contributed by atoms with Gasteiger partial charge in [-0.3, -0.25) is 9.59 Å². The van der Waals surface area contributed by atoms with Crippen molar-refractivity contribution in [3.8, 4) is 10.4 Å². The molecule has 34 heavy (non-hydrogen) atoms. The second-order valence-corrected chi connectivity index (χ2v) is 9.71. The highest BCUT2D eigenvalue weighted by Crippen LogP contribution is 2.33. The summed E-state index contributed by atoms with van der Waals surface area (Å²) in [6.07, 6.45) is 3.74. The molecular formula is C26H24FN3O3S. The van der Waals surface area contributed by atoms with Crippen LogP contribution >= 0.6 is 11.3 Å². The third kappa shape index (κ3) is 4.72. The Morgan fingerprint density at radius 1 is 1.21 bits per heavy atom. The van der Waals surface area contributed by atoms with Crippen LogP contribution in [0.1, 0.15) is 38.7 Å². The van der Waals surface area contributed by atoms with Gasteiger partial charge in [0.1, 0.15) is 17.1 Å². The minimum absolute atomic E-state index is 0.193. The Labute approximate surface area is 200 Å². The van der Waals surface area contributed by atoms with Crippen molar-refractivity contribution >= 4 is 34.1 Å². The van der Waals surface area contributed by atoms with E-state index in [4.69, 9.17) is 4.42 Å². The third-order valence-corrected chi connectivity index (χ3v) is 6.91. The molecule has 1 N–H and O–H groups in total. The third-order valence-electron chi connectivity index (χ3n) is 5.89. The highest BCUT2D eigenvalue weighted by atomic mass is 32.1. The van der Waals surface area contributed by atoms with Gasteiger partial charge in [0, 0.05) is 25.0 Å². The summed E-state index contributed by atoms with van der Waals surface area (Å²) in [5.74, 6) is -0.290. The Balaban J connectivity index is 1.32. The maximum atomic E-state index is 13.8. The number of hydrogen-bond donors (Lipinski definition) is 1. The van der Waals surface area contributed by atoms with Crippen molar-refractivity contribution in [2.45, 2.75) is 19.8 Å². The predicted octanol–water partition coefficient (Wildman–Crippen LogP) is 5.29. The van der Waals surface area contributed by atoms with Crippen molar-refractivity contribution in [1.82, 2.24) is 15.2 Å². The van der Waals surface area contributed by atoms with Crippen molar-refractivity contribution in [3.63, 3.8) is 0 Å². The van der Waals surface area contributed by atoms with Gasteiger partial charge in [-0.15, -0.1) is 11.3 Å². The number of halogens is 1. The Morgan fingerprint density at radius 2 is 2.03 bits per heavy atom. The van der Waals surface area contributed by atoms with Crippen LogP contribution in [0.15, 0.2) is 59.2 Å². The van der Waals surface area contributed by atoms with Crippen LogP contribution in [0.2, 0.25) is 0 Å². The van der Waals surface area contributed by atoms with E-state index in [9.17, 15) is 14.0 Å². The highest BCUT2D eigenvalue weighted by molar-refractivity contribution is 7.15. The fourth-order valence-corrected chi connectivity index (χ4v) is 4.93. The van der Waals surface area contributed by atoms with E-state index in [1.165, 1.54) is 23.5 Å². The molecule has 0 radical (unpaired) electrons. The lowest BCUT2D eigenvalue weighted by Crippen LogP contribution is -2.40. The molecule has 2 aromatic heterocycles. The van der Waals surface area contributed by atoms with Gasteiger partial charge in [-0.25, -0.2) is 9.37 Å². The van der Waals surface area contributed by atoms with Gasteiger partial charge >= 0.3 is 0 Å². The molecule has 2 heterocycles. The summed E-state index contributed by atoms with van der Waals surface area (Å²) in [7, 11) is 0. The molecule has 5 rings (SSSR count). The number of aryl methyl sites for hydroxylation is 1. The van der Waals surface area contributed by atoms with E-state index >= 15 is 0 Å². The number of fused-ring (bicyclic) bond motifs is 1. The van der Waals surface area contributed by atoms with Gasteiger partial charge in [0.25, 0.3) is 11.8 Å². The zero-order chi connectivity index (χ0) is 23.7. The van der Waals surface area contributed by atoms with Crippen LogP contribution in [0.3, 0.4) is 0 Å². The maximum absolute atomic E-state index is 13.8. The van der Waals surface area contributed by atoms with Crippen LogP contribution < -0.4 is 5.32 Å². The molecule has 0 spiro atoms. The minimum Gasteiger partial charge on any atom is -0.464 e. The molecule has 0 unspecified atom stereocenters. The van der Waals surface area contributed by atoms with Crippen LogP contribution in [0, 0.1) is 18.7 Å². The Bertz CT molecular complexity index is 1360. The molecule has 1 aliphatic carbocycles. The van der Waals surface area contributed by atoms with E-state index in [-0.39, 0.29) is 17.6 Å². The average Bonchev–Trinajstić information content (AvgIpc) is 3.36. The van der Waals surface area contributed by atoms with Crippen molar-refractivity contribution < 1.29 is 18.4 Å². The van der Waals surface area contributed by atoms with Gasteiger partial charge in [0.2, 0.25) is 0 Å². The lowest BCUT2D eigenvalue weighted by Gasteiger charge is -2.22. The number of thiazole rings is 1. The molecule has 1 fully saturated rings. The monoisotopic (exact) mass is 477 g/mol. The number of benzene rings is 2. The molecule has 2 amide bonds. The van der Waals surface area contributed by atoms with Gasteiger partial charge in [-0.05, 0) is 61.6 Å². The Hall–Kier alpha value is -3.52. The maximum Gasteiger partial charge on any atom is 0.274 e. The lowest BCUT2D eigenvalue weighted by molar-refractivity contribution is 0.0737. The van der Waals surface area contributed by atoms with E-state index in [2.05, 4.69) is 10.3 Å². The first-order valence-electron chi connectivity index (χ1n) is 11.3. The van der Waals surface area contributed by atoms with Gasteiger partial charge in [-0.2, -0.15) is 0 Å². The summed E-state index contributed by atoms with van der Waals surface area (Å²) in [5.41, 5.74) is 2.17. The van der Waals surface area contributed by atoms with Gasteiger partial charge < -0.3 is 14.6 Å². The summed E-state index contributed by atoms with van der Waals surface area (Å²) in [5, 5.41) is 4.43. The SMILES string of the molecule is Cc1nc(C(=O)N(CCNC(=O)c2cccc3occc23)CC2CC2)c(-c2cccc(F)c2)s1. The smallest absolute Gasteiger partial charge is 0.274 e. The summed E-state index contributed by atoms with van der Waals surface area (Å²) in [6, 6.07) is 13.3. The lowest BCUT2D eigenvalue weighted by atomic mass is 10.1. The van der Waals surface area contributed by atoms with Gasteiger partial charge in [0.05, 0.1) is 21.7 Å². The topological polar surface area (TPSA) is 75.4 Å². The molecule has 2 aromatic carbocycles. The first kappa shape index (κ1) is 22.3. The van der Waals surface area contributed by atoms with Gasteiger partial charge in [0.15, 0.2) is 0 Å². The molecule has 0 aliphatic heterocycles. The average molecular weight is 478 g/mol. The number of rotatable bonds is 8. The molecule has 4 aromatic rings. The second kappa shape index (κ2) is 9.38. The number of furan rings is 1. The number of carbonyl (C=O) groups is 2. The summed E-state index contributed by atoms with van der Waals surface area (Å²) < 4.78 is 19.2. The highest BCUT2D eigenvalue weighted by Gasteiger charge is 2.30. The number of aromatic nitrogens is 1. The predicted molar refractivity (Wildman–Crippen MR) is 129 cm³/mol. The largest absolute Gasteiger partial charge is 0.464 e. The van der Waals surface area contributed by atoms with E-state index in [0.29, 0.717) is 52.8 Å². The molecule has 174 valence electrons. The molecular weight excluding hydrogens is 453 g/mol. The first-order chi connectivity index (χ1) is 16.5. The van der Waals surface area contributed by atoms with E-state index in [1.807, 2.05) is 13.0 Å². The van der Waals surface area contributed by atoms with E-state index in [1.54, 1.807) is 41.5 Å². The normalized spacial score (nSPS) is 13.2. The zero-order valence-electron chi connectivity index (χ0n) is 18.7. The zero-order valence-corrected chi connectivity index (χ0v) is 19.5. The molecule has 0 atom stereocenters. The fourth-order valence-electron chi connectivity index (χ4n) is 4.03. The van der Waals surface area contributed by atoms with Crippen molar-refractivity contribution in [2.24, 2.45) is 5.92 Å². The minimum atomic E-state index is -0.354. The van der Waals surface area contributed by atoms with E-state index < -0.39 is 0 Å². The molecule has 0 bridgehead atoms.